The number of nitrogens with one attached hydrogen (secondary N) is 3. The summed E-state index contributed by atoms with van der Waals surface area (Å²) in [6.07, 6.45) is 11.0. The number of H-pyrrole nitrogens is 2. The molecule has 14 nitrogen and oxygen atoms in total. The normalized spacial score (nSPS) is 17.3. The number of imidazole rings is 2. The van der Waals surface area contributed by atoms with E-state index in [9.17, 15) is 19.5 Å². The van der Waals surface area contributed by atoms with Crippen LogP contribution in [0.25, 0.3) is 33.9 Å². The molecule has 2 aliphatic rings. The molecule has 302 valence electrons. The fraction of sp³-hybridized carbons (Fsp3) is 0.311. The molecule has 2 fully saturated rings. The number of aromatic nitrogens is 6. The highest BCUT2D eigenvalue weighted by atomic mass is 16.4. The van der Waals surface area contributed by atoms with Gasteiger partial charge in [0.25, 0.3) is 0 Å². The average Bonchev–Trinajstić information content (AvgIpc) is 4.09. The molecule has 0 aliphatic carbocycles. The first-order valence-electron chi connectivity index (χ1n) is 20.2. The molecular formula is C45H48N10O4. The van der Waals surface area contributed by atoms with Gasteiger partial charge in [0.15, 0.2) is 5.82 Å². The van der Waals surface area contributed by atoms with Crippen LogP contribution in [-0.2, 0) is 9.59 Å². The minimum absolute atomic E-state index is 0.128. The van der Waals surface area contributed by atoms with E-state index in [-0.39, 0.29) is 18.0 Å². The summed E-state index contributed by atoms with van der Waals surface area (Å²) in [4.78, 5) is 70.6. The van der Waals surface area contributed by atoms with Gasteiger partial charge < -0.3 is 30.2 Å². The maximum Gasteiger partial charge on any atom is 0.405 e. The Balaban J connectivity index is 0.921. The number of carbonyl (C=O) groups excluding carboxylic acids is 2. The molecule has 3 aromatic heterocycles. The molecular weight excluding hydrogens is 745 g/mol. The second-order valence-corrected chi connectivity index (χ2v) is 15.3. The molecule has 0 radical (unpaired) electrons. The number of likely N-dealkylation sites (N-methyl/N-ethyl adjacent to an activating group) is 1. The van der Waals surface area contributed by atoms with Gasteiger partial charge in [-0.25, -0.2) is 24.7 Å². The lowest BCUT2D eigenvalue weighted by Gasteiger charge is -2.37. The number of likely N-dealkylation sites (tertiary alicyclic amines) is 2. The van der Waals surface area contributed by atoms with E-state index < -0.39 is 24.1 Å². The van der Waals surface area contributed by atoms with Crippen LogP contribution in [0, 0.1) is 0 Å². The van der Waals surface area contributed by atoms with Crippen molar-refractivity contribution in [1.82, 2.24) is 49.9 Å². The van der Waals surface area contributed by atoms with Crippen molar-refractivity contribution in [3.05, 3.63) is 132 Å². The zero-order valence-corrected chi connectivity index (χ0v) is 33.2. The number of hydrogen-bond donors (Lipinski definition) is 4. The fourth-order valence-electron chi connectivity index (χ4n) is 8.19. The Bertz CT molecular complexity index is 2360. The minimum atomic E-state index is -1.29. The zero-order chi connectivity index (χ0) is 40.9. The summed E-state index contributed by atoms with van der Waals surface area (Å²) in [5.74, 6) is 1.64. The zero-order valence-electron chi connectivity index (χ0n) is 33.2. The number of benzene rings is 3. The van der Waals surface area contributed by atoms with E-state index in [0.29, 0.717) is 23.8 Å². The Morgan fingerprint density at radius 1 is 0.729 bits per heavy atom. The molecule has 3 amide bonds. The van der Waals surface area contributed by atoms with Gasteiger partial charge in [0, 0.05) is 37.1 Å². The Kier molecular flexibility index (Phi) is 11.6. The first-order valence-corrected chi connectivity index (χ1v) is 20.2. The molecule has 4 N–H and O–H groups in total. The van der Waals surface area contributed by atoms with Crippen LogP contribution >= 0.6 is 0 Å². The monoisotopic (exact) mass is 792 g/mol. The lowest BCUT2D eigenvalue weighted by molar-refractivity contribution is -0.139. The van der Waals surface area contributed by atoms with Gasteiger partial charge in [-0.1, -0.05) is 91.3 Å². The third kappa shape index (κ3) is 8.49. The van der Waals surface area contributed by atoms with E-state index in [4.69, 9.17) is 4.98 Å². The van der Waals surface area contributed by atoms with Gasteiger partial charge in [0.2, 0.25) is 11.8 Å². The maximum absolute atomic E-state index is 14.3. The molecule has 3 aromatic carbocycles. The molecule has 0 bridgehead atoms. The highest BCUT2D eigenvalue weighted by Crippen LogP contribution is 2.36. The number of hydrogen-bond acceptors (Lipinski definition) is 8. The van der Waals surface area contributed by atoms with E-state index in [1.54, 1.807) is 56.1 Å². The fourth-order valence-corrected chi connectivity index (χ4v) is 8.19. The lowest BCUT2D eigenvalue weighted by atomic mass is 10.00. The SMILES string of the molecule is C[C@@H](c1ncc(-c2ccc(-c3ncc(-c4cnc([C@@H]5CCCN5C(=O)[C@@H](c5ccccc5)N5CCCCC5)[nH]4)cn3)cc2)[nH]1)N(C)C(=O)[C@H](NC(=O)O)c1ccccc1. The van der Waals surface area contributed by atoms with E-state index in [0.717, 1.165) is 78.2 Å². The van der Waals surface area contributed by atoms with Crippen LogP contribution in [0.2, 0.25) is 0 Å². The third-order valence-corrected chi connectivity index (χ3v) is 11.5. The molecule has 2 saturated heterocycles. The molecule has 4 atom stereocenters. The summed E-state index contributed by atoms with van der Waals surface area (Å²) in [5, 5.41) is 11.8. The number of rotatable bonds is 12. The second kappa shape index (κ2) is 17.4. The van der Waals surface area contributed by atoms with Gasteiger partial charge in [-0.2, -0.15) is 0 Å². The van der Waals surface area contributed by atoms with Crippen molar-refractivity contribution < 1.29 is 19.5 Å². The Morgan fingerprint density at radius 2 is 1.36 bits per heavy atom. The standard InChI is InChI=1S/C45H48N10O4/c1-29(53(2)43(56)38(52-45(58)59)31-13-6-3-7-14-31)40-48-27-35(50-40)30-18-20-33(21-19-30)41-46-25-34(26-47-41)36-28-49-42(51-36)37-17-12-24-55(37)44(57)39(32-15-8-4-9-16-32)54-22-10-5-11-23-54/h3-4,6-9,13-16,18-21,25-29,37-39,52H,5,10-12,17,22-24H2,1-2H3,(H,48,50)(H,49,51)(H,58,59)/t29-,37-,38+,39+/m0/s1. The first kappa shape index (κ1) is 39.2. The van der Waals surface area contributed by atoms with Gasteiger partial charge in [0.05, 0.1) is 35.9 Å². The van der Waals surface area contributed by atoms with Crippen molar-refractivity contribution >= 4 is 17.9 Å². The Morgan fingerprint density at radius 3 is 2.03 bits per heavy atom. The van der Waals surface area contributed by atoms with E-state index in [2.05, 4.69) is 47.3 Å². The molecule has 0 spiro atoms. The van der Waals surface area contributed by atoms with Gasteiger partial charge in [-0.15, -0.1) is 0 Å². The van der Waals surface area contributed by atoms with Gasteiger partial charge in [0.1, 0.15) is 23.7 Å². The molecule has 2 aliphatic heterocycles. The summed E-state index contributed by atoms with van der Waals surface area (Å²) in [5.41, 5.74) is 5.67. The molecule has 0 unspecified atom stereocenters. The second-order valence-electron chi connectivity index (χ2n) is 15.3. The highest BCUT2D eigenvalue weighted by molar-refractivity contribution is 5.87. The van der Waals surface area contributed by atoms with Crippen LogP contribution in [0.5, 0.6) is 0 Å². The van der Waals surface area contributed by atoms with E-state index in [1.165, 1.54) is 11.3 Å². The van der Waals surface area contributed by atoms with Crippen molar-refractivity contribution in [2.75, 3.05) is 26.7 Å². The number of aromatic amines is 2. The maximum atomic E-state index is 14.3. The predicted octanol–water partition coefficient (Wildman–Crippen LogP) is 7.34. The summed E-state index contributed by atoms with van der Waals surface area (Å²) in [6, 6.07) is 24.8. The highest BCUT2D eigenvalue weighted by Gasteiger charge is 2.39. The minimum Gasteiger partial charge on any atom is -0.465 e. The van der Waals surface area contributed by atoms with Crippen molar-refractivity contribution in [3.63, 3.8) is 0 Å². The molecule has 6 aromatic rings. The molecule has 59 heavy (non-hydrogen) atoms. The number of piperidine rings is 1. The van der Waals surface area contributed by atoms with Crippen molar-refractivity contribution in [2.45, 2.75) is 63.2 Å². The summed E-state index contributed by atoms with van der Waals surface area (Å²) < 4.78 is 0. The van der Waals surface area contributed by atoms with Crippen molar-refractivity contribution in [3.8, 4) is 33.9 Å². The molecule has 14 heteroatoms. The summed E-state index contributed by atoms with van der Waals surface area (Å²) in [6.45, 7) is 4.39. The van der Waals surface area contributed by atoms with Gasteiger partial charge in [-0.3, -0.25) is 14.5 Å². The third-order valence-electron chi connectivity index (χ3n) is 11.5. The quantitative estimate of drug-likeness (QED) is 0.0988. The first-order chi connectivity index (χ1) is 28.7. The Labute approximate surface area is 342 Å². The predicted molar refractivity (Wildman–Crippen MR) is 222 cm³/mol. The van der Waals surface area contributed by atoms with E-state index >= 15 is 0 Å². The number of carboxylic acid groups (broad SMARTS) is 1. The number of nitrogens with zero attached hydrogens (tertiary/aromatic N) is 7. The van der Waals surface area contributed by atoms with Gasteiger partial charge >= 0.3 is 6.09 Å². The van der Waals surface area contributed by atoms with Crippen molar-refractivity contribution in [1.29, 1.82) is 0 Å². The van der Waals surface area contributed by atoms with Crippen LogP contribution in [0.4, 0.5) is 4.79 Å². The van der Waals surface area contributed by atoms with Crippen LogP contribution in [0.15, 0.2) is 110 Å². The van der Waals surface area contributed by atoms with Crippen LogP contribution in [0.1, 0.15) is 86.0 Å². The van der Waals surface area contributed by atoms with Crippen LogP contribution in [-0.4, -0.2) is 94.3 Å². The summed E-state index contributed by atoms with van der Waals surface area (Å²) in [7, 11) is 1.63. The smallest absolute Gasteiger partial charge is 0.405 e. The van der Waals surface area contributed by atoms with Crippen LogP contribution < -0.4 is 5.32 Å². The summed E-state index contributed by atoms with van der Waals surface area (Å²) >= 11 is 0. The number of amides is 3. The molecule has 5 heterocycles. The van der Waals surface area contributed by atoms with E-state index in [1.807, 2.05) is 60.4 Å². The van der Waals surface area contributed by atoms with Crippen molar-refractivity contribution in [2.24, 2.45) is 0 Å². The lowest BCUT2D eigenvalue weighted by Crippen LogP contribution is -2.44. The largest absolute Gasteiger partial charge is 0.465 e. The van der Waals surface area contributed by atoms with Gasteiger partial charge in [-0.05, 0) is 62.4 Å². The van der Waals surface area contributed by atoms with Crippen LogP contribution in [0.3, 0.4) is 0 Å². The average molecular weight is 793 g/mol. The molecule has 8 rings (SSSR count). The topological polar surface area (TPSA) is 176 Å². The Hall–Kier alpha value is -6.67. The number of carbonyl (C=O) groups is 3. The molecule has 0 saturated carbocycles.